The summed E-state index contributed by atoms with van der Waals surface area (Å²) < 4.78 is 23.5. The lowest BCUT2D eigenvalue weighted by molar-refractivity contribution is 0.591. The molecule has 0 amide bonds. The highest BCUT2D eigenvalue weighted by Crippen LogP contribution is 2.22. The third-order valence-corrected chi connectivity index (χ3v) is 5.54. The fourth-order valence-electron chi connectivity index (χ4n) is 2.28. The van der Waals surface area contributed by atoms with Gasteiger partial charge in [0.05, 0.1) is 17.3 Å². The predicted molar refractivity (Wildman–Crippen MR) is 71.4 cm³/mol. The Balaban J connectivity index is 1.84. The lowest BCUT2D eigenvalue weighted by Gasteiger charge is -2.11. The molecule has 1 saturated heterocycles. The second kappa shape index (κ2) is 4.34. The minimum atomic E-state index is -2.97. The van der Waals surface area contributed by atoms with Gasteiger partial charge in [0.2, 0.25) is 5.95 Å². The van der Waals surface area contributed by atoms with Crippen LogP contribution in [0.1, 0.15) is 12.8 Å². The van der Waals surface area contributed by atoms with Crippen LogP contribution in [0.15, 0.2) is 6.33 Å². The first-order chi connectivity index (χ1) is 9.06. The molecule has 1 unspecified atom stereocenters. The normalized spacial score (nSPS) is 21.8. The summed E-state index contributed by atoms with van der Waals surface area (Å²) in [6.45, 7) is 0.326. The van der Waals surface area contributed by atoms with Gasteiger partial charge in [0, 0.05) is 6.54 Å². The first kappa shape index (κ1) is 12.2. The smallest absolute Gasteiger partial charge is 0.224 e. The maximum atomic E-state index is 11.7. The lowest BCUT2D eigenvalue weighted by Crippen LogP contribution is -2.25. The van der Waals surface area contributed by atoms with Gasteiger partial charge in [0.25, 0.3) is 0 Å². The highest BCUT2D eigenvalue weighted by molar-refractivity contribution is 7.92. The third kappa shape index (κ3) is 2.21. The van der Waals surface area contributed by atoms with E-state index in [2.05, 4.69) is 25.3 Å². The molecule has 3 rings (SSSR count). The molecular weight excluding hydrogens is 268 g/mol. The Morgan fingerprint density at radius 3 is 3.05 bits per heavy atom. The van der Waals surface area contributed by atoms with Gasteiger partial charge >= 0.3 is 0 Å². The minimum absolute atomic E-state index is 0.108. The van der Waals surface area contributed by atoms with Crippen LogP contribution in [0.5, 0.6) is 0 Å². The number of H-pyrrole nitrogens is 1. The van der Waals surface area contributed by atoms with Gasteiger partial charge in [0.1, 0.15) is 5.52 Å². The standard InChI is InChI=1S/C10H14N6O2S/c11-10-15-8(7-9(16-10)14-5-13-7)12-4-6-2-1-3-19(6,17)18/h5-6H,1-4H2,(H4,11,12,13,14,15,16). The number of rotatable bonds is 3. The molecule has 19 heavy (non-hydrogen) atoms. The summed E-state index contributed by atoms with van der Waals surface area (Å²) in [5.74, 6) is 0.864. The zero-order valence-electron chi connectivity index (χ0n) is 10.1. The Bertz CT molecular complexity index is 710. The number of aromatic nitrogens is 4. The number of hydrogen-bond donors (Lipinski definition) is 3. The summed E-state index contributed by atoms with van der Waals surface area (Å²) in [6, 6.07) is 0. The number of sulfone groups is 1. The summed E-state index contributed by atoms with van der Waals surface area (Å²) in [5, 5.41) is 2.67. The summed E-state index contributed by atoms with van der Waals surface area (Å²) in [4.78, 5) is 15.0. The van der Waals surface area contributed by atoms with Gasteiger partial charge < -0.3 is 16.0 Å². The van der Waals surface area contributed by atoms with Crippen LogP contribution in [0.2, 0.25) is 0 Å². The summed E-state index contributed by atoms with van der Waals surface area (Å²) in [5.41, 5.74) is 6.68. The molecule has 2 aromatic heterocycles. The number of fused-ring (bicyclic) bond motifs is 1. The van der Waals surface area contributed by atoms with Crippen LogP contribution in [-0.4, -0.2) is 45.9 Å². The Kier molecular flexibility index (Phi) is 2.77. The van der Waals surface area contributed by atoms with Crippen LogP contribution in [0.4, 0.5) is 11.8 Å². The fraction of sp³-hybridized carbons (Fsp3) is 0.500. The molecule has 3 heterocycles. The zero-order chi connectivity index (χ0) is 13.5. The van der Waals surface area contributed by atoms with Crippen molar-refractivity contribution in [3.05, 3.63) is 6.33 Å². The molecular formula is C10H14N6O2S. The average Bonchev–Trinajstić information content (AvgIpc) is 2.92. The van der Waals surface area contributed by atoms with Gasteiger partial charge in [-0.3, -0.25) is 0 Å². The average molecular weight is 282 g/mol. The molecule has 0 radical (unpaired) electrons. The Labute approximate surface area is 109 Å². The molecule has 0 saturated carbocycles. The maximum absolute atomic E-state index is 11.7. The van der Waals surface area contributed by atoms with E-state index in [-0.39, 0.29) is 17.0 Å². The van der Waals surface area contributed by atoms with E-state index in [1.165, 1.54) is 6.33 Å². The van der Waals surface area contributed by atoms with Crippen molar-refractivity contribution in [1.29, 1.82) is 0 Å². The minimum Gasteiger partial charge on any atom is -0.368 e. The van der Waals surface area contributed by atoms with Gasteiger partial charge in [-0.2, -0.15) is 9.97 Å². The van der Waals surface area contributed by atoms with E-state index >= 15 is 0 Å². The van der Waals surface area contributed by atoms with Crippen molar-refractivity contribution < 1.29 is 8.42 Å². The topological polar surface area (TPSA) is 127 Å². The molecule has 1 fully saturated rings. The fourth-order valence-corrected chi connectivity index (χ4v) is 4.04. The van der Waals surface area contributed by atoms with Crippen molar-refractivity contribution in [1.82, 2.24) is 19.9 Å². The van der Waals surface area contributed by atoms with Crippen LogP contribution < -0.4 is 11.1 Å². The van der Waals surface area contributed by atoms with Crippen molar-refractivity contribution in [2.45, 2.75) is 18.1 Å². The van der Waals surface area contributed by atoms with E-state index in [4.69, 9.17) is 5.73 Å². The number of nitrogens with two attached hydrogens (primary N) is 1. The van der Waals surface area contributed by atoms with Gasteiger partial charge in [-0.25, -0.2) is 13.4 Å². The second-order valence-corrected chi connectivity index (χ2v) is 6.94. The summed E-state index contributed by atoms with van der Waals surface area (Å²) >= 11 is 0. The van der Waals surface area contributed by atoms with Crippen molar-refractivity contribution >= 4 is 32.8 Å². The molecule has 0 bridgehead atoms. The van der Waals surface area contributed by atoms with E-state index in [0.29, 0.717) is 29.9 Å². The summed E-state index contributed by atoms with van der Waals surface area (Å²) in [7, 11) is -2.97. The number of aromatic amines is 1. The summed E-state index contributed by atoms with van der Waals surface area (Å²) in [6.07, 6.45) is 2.90. The van der Waals surface area contributed by atoms with Crippen LogP contribution in [0.25, 0.3) is 11.2 Å². The van der Waals surface area contributed by atoms with E-state index in [0.717, 1.165) is 6.42 Å². The number of hydrogen-bond acceptors (Lipinski definition) is 7. The molecule has 1 aliphatic rings. The lowest BCUT2D eigenvalue weighted by atomic mass is 10.2. The van der Waals surface area contributed by atoms with Gasteiger partial charge in [-0.05, 0) is 12.8 Å². The quantitative estimate of drug-likeness (QED) is 0.718. The maximum Gasteiger partial charge on any atom is 0.224 e. The van der Waals surface area contributed by atoms with Crippen LogP contribution >= 0.6 is 0 Å². The first-order valence-corrected chi connectivity index (χ1v) is 7.70. The molecule has 4 N–H and O–H groups in total. The van der Waals surface area contributed by atoms with Crippen molar-refractivity contribution in [3.63, 3.8) is 0 Å². The zero-order valence-corrected chi connectivity index (χ0v) is 10.9. The van der Waals surface area contributed by atoms with E-state index in [9.17, 15) is 8.42 Å². The Hall–Kier alpha value is -1.90. The van der Waals surface area contributed by atoms with Gasteiger partial charge in [0.15, 0.2) is 21.3 Å². The number of imidazole rings is 1. The van der Waals surface area contributed by atoms with Crippen LogP contribution in [0.3, 0.4) is 0 Å². The molecule has 1 atom stereocenters. The molecule has 2 aromatic rings. The number of nitrogen functional groups attached to an aromatic ring is 1. The molecule has 1 aliphatic heterocycles. The largest absolute Gasteiger partial charge is 0.368 e. The Morgan fingerprint density at radius 1 is 1.47 bits per heavy atom. The van der Waals surface area contributed by atoms with Crippen molar-refractivity contribution in [2.24, 2.45) is 0 Å². The number of nitrogens with zero attached hydrogens (tertiary/aromatic N) is 3. The van der Waals surface area contributed by atoms with Crippen LogP contribution in [-0.2, 0) is 9.84 Å². The molecule has 0 aliphatic carbocycles. The van der Waals surface area contributed by atoms with Gasteiger partial charge in [-0.15, -0.1) is 0 Å². The van der Waals surface area contributed by atoms with Crippen molar-refractivity contribution in [2.75, 3.05) is 23.3 Å². The SMILES string of the molecule is Nc1nc(NCC2CCCS2(=O)=O)c2[nH]cnc2n1. The molecule has 9 heteroatoms. The third-order valence-electron chi connectivity index (χ3n) is 3.26. The monoisotopic (exact) mass is 282 g/mol. The second-order valence-electron chi connectivity index (χ2n) is 4.54. The number of anilines is 2. The molecule has 8 nitrogen and oxygen atoms in total. The van der Waals surface area contributed by atoms with Crippen molar-refractivity contribution in [3.8, 4) is 0 Å². The number of nitrogens with one attached hydrogen (secondary N) is 2. The highest BCUT2D eigenvalue weighted by atomic mass is 32.2. The highest BCUT2D eigenvalue weighted by Gasteiger charge is 2.31. The predicted octanol–water partition coefficient (Wildman–Crippen LogP) is -0.0758. The van der Waals surface area contributed by atoms with E-state index < -0.39 is 9.84 Å². The Morgan fingerprint density at radius 2 is 2.32 bits per heavy atom. The first-order valence-electron chi connectivity index (χ1n) is 5.98. The molecule has 102 valence electrons. The van der Waals surface area contributed by atoms with E-state index in [1.54, 1.807) is 0 Å². The van der Waals surface area contributed by atoms with E-state index in [1.807, 2.05) is 0 Å². The van der Waals surface area contributed by atoms with Gasteiger partial charge in [-0.1, -0.05) is 0 Å². The molecule has 0 spiro atoms. The van der Waals surface area contributed by atoms with Crippen LogP contribution in [0, 0.1) is 0 Å². The molecule has 0 aromatic carbocycles.